The SMILES string of the molecule is COc1cc(Br)ccc1C(N)c1ccc(Br)s1. The number of benzene rings is 1. The third-order valence-corrected chi connectivity index (χ3v) is 4.63. The molecule has 2 rings (SSSR count). The zero-order valence-electron chi connectivity index (χ0n) is 9.11. The maximum atomic E-state index is 6.25. The van der Waals surface area contributed by atoms with E-state index in [0.717, 1.165) is 24.4 Å². The molecule has 90 valence electrons. The van der Waals surface area contributed by atoms with Crippen molar-refractivity contribution in [1.82, 2.24) is 0 Å². The minimum absolute atomic E-state index is 0.158. The van der Waals surface area contributed by atoms with Gasteiger partial charge in [-0.2, -0.15) is 0 Å². The van der Waals surface area contributed by atoms with Crippen molar-refractivity contribution >= 4 is 43.2 Å². The molecule has 0 aliphatic heterocycles. The van der Waals surface area contributed by atoms with Crippen molar-refractivity contribution in [2.45, 2.75) is 6.04 Å². The summed E-state index contributed by atoms with van der Waals surface area (Å²) >= 11 is 8.50. The Kier molecular flexibility index (Phi) is 4.25. The summed E-state index contributed by atoms with van der Waals surface area (Å²) in [5, 5.41) is 0. The van der Waals surface area contributed by atoms with Gasteiger partial charge in [0.1, 0.15) is 5.75 Å². The van der Waals surface area contributed by atoms with Gasteiger partial charge in [0.15, 0.2) is 0 Å². The summed E-state index contributed by atoms with van der Waals surface area (Å²) in [5.74, 6) is 0.802. The smallest absolute Gasteiger partial charge is 0.125 e. The van der Waals surface area contributed by atoms with Crippen molar-refractivity contribution < 1.29 is 4.74 Å². The Morgan fingerprint density at radius 1 is 1.24 bits per heavy atom. The minimum atomic E-state index is -0.158. The molecule has 5 heteroatoms. The number of methoxy groups -OCH3 is 1. The summed E-state index contributed by atoms with van der Waals surface area (Å²) < 4.78 is 7.42. The molecule has 0 amide bonds. The van der Waals surface area contributed by atoms with Crippen molar-refractivity contribution in [3.8, 4) is 5.75 Å². The van der Waals surface area contributed by atoms with Crippen molar-refractivity contribution in [3.05, 3.63) is 49.0 Å². The molecule has 0 aliphatic rings. The molecule has 0 aliphatic carbocycles. The largest absolute Gasteiger partial charge is 0.496 e. The maximum absolute atomic E-state index is 6.25. The first-order valence-electron chi connectivity index (χ1n) is 4.96. The van der Waals surface area contributed by atoms with Crippen LogP contribution in [0.2, 0.25) is 0 Å². The Morgan fingerprint density at radius 2 is 2.00 bits per heavy atom. The highest BCUT2D eigenvalue weighted by molar-refractivity contribution is 9.11. The lowest BCUT2D eigenvalue weighted by molar-refractivity contribution is 0.407. The fraction of sp³-hybridized carbons (Fsp3) is 0.167. The van der Waals surface area contributed by atoms with Crippen molar-refractivity contribution in [2.75, 3.05) is 7.11 Å². The molecule has 0 saturated heterocycles. The van der Waals surface area contributed by atoms with Gasteiger partial charge in [0.2, 0.25) is 0 Å². The monoisotopic (exact) mass is 375 g/mol. The lowest BCUT2D eigenvalue weighted by Crippen LogP contribution is -2.11. The standard InChI is InChI=1S/C12H11Br2NOS/c1-16-9-6-7(13)2-3-8(9)12(15)10-4-5-11(14)17-10/h2-6,12H,15H2,1H3. The van der Waals surface area contributed by atoms with Gasteiger partial charge in [-0.15, -0.1) is 11.3 Å². The molecule has 2 N–H and O–H groups in total. The van der Waals surface area contributed by atoms with Crippen LogP contribution in [0.1, 0.15) is 16.5 Å². The van der Waals surface area contributed by atoms with Gasteiger partial charge in [0.25, 0.3) is 0 Å². The van der Waals surface area contributed by atoms with Crippen LogP contribution in [-0.4, -0.2) is 7.11 Å². The van der Waals surface area contributed by atoms with Crippen molar-refractivity contribution in [3.63, 3.8) is 0 Å². The van der Waals surface area contributed by atoms with Gasteiger partial charge in [-0.3, -0.25) is 0 Å². The summed E-state index contributed by atoms with van der Waals surface area (Å²) in [5.41, 5.74) is 7.24. The van der Waals surface area contributed by atoms with E-state index in [1.165, 1.54) is 0 Å². The van der Waals surface area contributed by atoms with Gasteiger partial charge in [-0.1, -0.05) is 22.0 Å². The Balaban J connectivity index is 2.39. The molecule has 1 aromatic heterocycles. The summed E-state index contributed by atoms with van der Waals surface area (Å²) in [6, 6.07) is 9.76. The van der Waals surface area contributed by atoms with Gasteiger partial charge >= 0.3 is 0 Å². The van der Waals surface area contributed by atoms with Crippen LogP contribution in [0.25, 0.3) is 0 Å². The molecular weight excluding hydrogens is 366 g/mol. The third kappa shape index (κ3) is 2.91. The number of halogens is 2. The first-order chi connectivity index (χ1) is 8.11. The zero-order valence-corrected chi connectivity index (χ0v) is 13.1. The van der Waals surface area contributed by atoms with Gasteiger partial charge < -0.3 is 10.5 Å². The van der Waals surface area contributed by atoms with E-state index in [2.05, 4.69) is 31.9 Å². The minimum Gasteiger partial charge on any atom is -0.496 e. The highest BCUT2D eigenvalue weighted by Gasteiger charge is 2.15. The summed E-state index contributed by atoms with van der Waals surface area (Å²) in [6.07, 6.45) is 0. The van der Waals surface area contributed by atoms with Crippen LogP contribution >= 0.6 is 43.2 Å². The van der Waals surface area contributed by atoms with Crippen LogP contribution in [0.4, 0.5) is 0 Å². The topological polar surface area (TPSA) is 35.2 Å². The molecule has 0 spiro atoms. The maximum Gasteiger partial charge on any atom is 0.125 e. The Bertz CT molecular complexity index is 527. The molecular formula is C12H11Br2NOS. The van der Waals surface area contributed by atoms with Crippen LogP contribution < -0.4 is 10.5 Å². The highest BCUT2D eigenvalue weighted by Crippen LogP contribution is 2.34. The fourth-order valence-corrected chi connectivity index (χ4v) is 3.37. The number of nitrogens with two attached hydrogens (primary N) is 1. The second kappa shape index (κ2) is 5.52. The van der Waals surface area contributed by atoms with Gasteiger partial charge in [0, 0.05) is 14.9 Å². The molecule has 1 unspecified atom stereocenters. The van der Waals surface area contributed by atoms with E-state index in [-0.39, 0.29) is 6.04 Å². The quantitative estimate of drug-likeness (QED) is 0.865. The first kappa shape index (κ1) is 13.1. The predicted octanol–water partition coefficient (Wildman–Crippen LogP) is 4.33. The summed E-state index contributed by atoms with van der Waals surface area (Å²) in [7, 11) is 1.66. The van der Waals surface area contributed by atoms with E-state index in [1.54, 1.807) is 18.4 Å². The Morgan fingerprint density at radius 3 is 2.59 bits per heavy atom. The Labute approximate surface area is 121 Å². The lowest BCUT2D eigenvalue weighted by Gasteiger charge is -2.14. The van der Waals surface area contributed by atoms with Crippen LogP contribution in [0, 0.1) is 0 Å². The van der Waals surface area contributed by atoms with E-state index in [0.29, 0.717) is 0 Å². The number of hydrogen-bond donors (Lipinski definition) is 1. The number of thiophene rings is 1. The lowest BCUT2D eigenvalue weighted by atomic mass is 10.1. The van der Waals surface area contributed by atoms with Gasteiger partial charge in [0.05, 0.1) is 16.9 Å². The molecule has 1 heterocycles. The second-order valence-electron chi connectivity index (χ2n) is 3.51. The molecule has 0 radical (unpaired) electrons. The van der Waals surface area contributed by atoms with Gasteiger partial charge in [-0.05, 0) is 40.2 Å². The normalized spacial score (nSPS) is 12.5. The van der Waals surface area contributed by atoms with Gasteiger partial charge in [-0.25, -0.2) is 0 Å². The number of rotatable bonds is 3. The van der Waals surface area contributed by atoms with E-state index in [4.69, 9.17) is 10.5 Å². The van der Waals surface area contributed by atoms with Crippen LogP contribution in [0.5, 0.6) is 5.75 Å². The van der Waals surface area contributed by atoms with Crippen LogP contribution in [0.3, 0.4) is 0 Å². The fourth-order valence-electron chi connectivity index (χ4n) is 1.59. The predicted molar refractivity (Wildman–Crippen MR) is 78.7 cm³/mol. The van der Waals surface area contributed by atoms with E-state index in [1.807, 2.05) is 30.3 Å². The molecule has 2 nitrogen and oxygen atoms in total. The number of ether oxygens (including phenoxy) is 1. The third-order valence-electron chi connectivity index (χ3n) is 2.43. The molecule has 1 aromatic carbocycles. The van der Waals surface area contributed by atoms with Crippen molar-refractivity contribution in [1.29, 1.82) is 0 Å². The van der Waals surface area contributed by atoms with Crippen LogP contribution in [-0.2, 0) is 0 Å². The van der Waals surface area contributed by atoms with Crippen LogP contribution in [0.15, 0.2) is 38.6 Å². The molecule has 17 heavy (non-hydrogen) atoms. The Hall–Kier alpha value is -0.360. The molecule has 0 fully saturated rings. The number of hydrogen-bond acceptors (Lipinski definition) is 3. The van der Waals surface area contributed by atoms with E-state index < -0.39 is 0 Å². The molecule has 1 atom stereocenters. The first-order valence-corrected chi connectivity index (χ1v) is 7.36. The molecule has 2 aromatic rings. The van der Waals surface area contributed by atoms with E-state index in [9.17, 15) is 0 Å². The highest BCUT2D eigenvalue weighted by atomic mass is 79.9. The zero-order chi connectivity index (χ0) is 12.4. The molecule has 0 bridgehead atoms. The average Bonchev–Trinajstić information content (AvgIpc) is 2.75. The van der Waals surface area contributed by atoms with Crippen molar-refractivity contribution in [2.24, 2.45) is 5.73 Å². The second-order valence-corrected chi connectivity index (χ2v) is 6.92. The average molecular weight is 377 g/mol. The summed E-state index contributed by atoms with van der Waals surface area (Å²) in [6.45, 7) is 0. The van der Waals surface area contributed by atoms with E-state index >= 15 is 0 Å². The summed E-state index contributed by atoms with van der Waals surface area (Å²) in [4.78, 5) is 1.11. The molecule has 0 saturated carbocycles.